The first-order chi connectivity index (χ1) is 8.33. The SMILES string of the molecule is Clc1cccc2cc(CN3CCOCC3)sc12. The van der Waals surface area contributed by atoms with Gasteiger partial charge in [-0.25, -0.2) is 0 Å². The van der Waals surface area contributed by atoms with Crippen molar-refractivity contribution >= 4 is 33.0 Å². The molecule has 4 heteroatoms. The zero-order chi connectivity index (χ0) is 11.7. The minimum absolute atomic E-state index is 0.853. The minimum atomic E-state index is 0.853. The van der Waals surface area contributed by atoms with Crippen LogP contribution in [0.1, 0.15) is 4.88 Å². The highest BCUT2D eigenvalue weighted by Gasteiger charge is 2.12. The summed E-state index contributed by atoms with van der Waals surface area (Å²) in [6.07, 6.45) is 0. The van der Waals surface area contributed by atoms with Crippen molar-refractivity contribution in [1.82, 2.24) is 4.90 Å². The number of rotatable bonds is 2. The molecule has 1 aliphatic rings. The summed E-state index contributed by atoms with van der Waals surface area (Å²) in [5.41, 5.74) is 0. The first-order valence-corrected chi connectivity index (χ1v) is 6.99. The van der Waals surface area contributed by atoms with E-state index in [0.717, 1.165) is 37.9 Å². The Kier molecular flexibility index (Phi) is 3.34. The molecule has 2 aromatic rings. The van der Waals surface area contributed by atoms with Crippen LogP contribution in [0.25, 0.3) is 10.1 Å². The van der Waals surface area contributed by atoms with E-state index < -0.39 is 0 Å². The van der Waals surface area contributed by atoms with Crippen LogP contribution in [0.3, 0.4) is 0 Å². The van der Waals surface area contributed by atoms with Crippen LogP contribution < -0.4 is 0 Å². The largest absolute Gasteiger partial charge is 0.379 e. The Balaban J connectivity index is 1.83. The summed E-state index contributed by atoms with van der Waals surface area (Å²) in [6.45, 7) is 4.78. The second kappa shape index (κ2) is 4.94. The van der Waals surface area contributed by atoms with Gasteiger partial charge in [-0.1, -0.05) is 23.7 Å². The normalized spacial score (nSPS) is 17.7. The number of nitrogens with zero attached hydrogens (tertiary/aromatic N) is 1. The molecule has 0 bridgehead atoms. The van der Waals surface area contributed by atoms with E-state index in [0.29, 0.717) is 0 Å². The first-order valence-electron chi connectivity index (χ1n) is 5.80. The number of benzene rings is 1. The summed E-state index contributed by atoms with van der Waals surface area (Å²) in [7, 11) is 0. The average Bonchev–Trinajstić information content (AvgIpc) is 2.74. The zero-order valence-corrected chi connectivity index (χ0v) is 11.1. The number of hydrogen-bond acceptors (Lipinski definition) is 3. The maximum Gasteiger partial charge on any atom is 0.0594 e. The lowest BCUT2D eigenvalue weighted by Crippen LogP contribution is -2.35. The van der Waals surface area contributed by atoms with E-state index >= 15 is 0 Å². The highest BCUT2D eigenvalue weighted by molar-refractivity contribution is 7.19. The van der Waals surface area contributed by atoms with E-state index in [1.807, 2.05) is 12.1 Å². The molecule has 1 aromatic carbocycles. The van der Waals surface area contributed by atoms with Gasteiger partial charge in [0.25, 0.3) is 0 Å². The highest BCUT2D eigenvalue weighted by atomic mass is 35.5. The molecule has 2 nitrogen and oxygen atoms in total. The van der Waals surface area contributed by atoms with Crippen molar-refractivity contribution in [2.75, 3.05) is 26.3 Å². The second-order valence-electron chi connectivity index (χ2n) is 4.26. The van der Waals surface area contributed by atoms with Crippen LogP contribution in [0, 0.1) is 0 Å². The number of fused-ring (bicyclic) bond motifs is 1. The first kappa shape index (κ1) is 11.5. The Morgan fingerprint density at radius 2 is 2.12 bits per heavy atom. The minimum Gasteiger partial charge on any atom is -0.379 e. The second-order valence-corrected chi connectivity index (χ2v) is 5.80. The van der Waals surface area contributed by atoms with Gasteiger partial charge in [-0.2, -0.15) is 0 Å². The van der Waals surface area contributed by atoms with Gasteiger partial charge in [0.2, 0.25) is 0 Å². The molecule has 3 rings (SSSR count). The summed E-state index contributed by atoms with van der Waals surface area (Å²) in [5, 5.41) is 2.12. The Morgan fingerprint density at radius 3 is 2.88 bits per heavy atom. The van der Waals surface area contributed by atoms with Crippen LogP contribution in [0.15, 0.2) is 24.3 Å². The topological polar surface area (TPSA) is 12.5 Å². The van der Waals surface area contributed by atoms with Crippen LogP contribution >= 0.6 is 22.9 Å². The molecule has 0 aliphatic carbocycles. The number of thiophene rings is 1. The molecule has 1 aromatic heterocycles. The van der Waals surface area contributed by atoms with Crippen LogP contribution in [0.5, 0.6) is 0 Å². The molecule has 0 radical (unpaired) electrons. The van der Waals surface area contributed by atoms with E-state index in [1.165, 1.54) is 15.0 Å². The Labute approximate surface area is 110 Å². The summed E-state index contributed by atoms with van der Waals surface area (Å²) >= 11 is 7.99. The van der Waals surface area contributed by atoms with Gasteiger partial charge in [-0.3, -0.25) is 4.90 Å². The standard InChI is InChI=1S/C13H14ClNOS/c14-12-3-1-2-10-8-11(17-13(10)12)9-15-4-6-16-7-5-15/h1-3,8H,4-7,9H2. The summed E-state index contributed by atoms with van der Waals surface area (Å²) in [5.74, 6) is 0. The highest BCUT2D eigenvalue weighted by Crippen LogP contribution is 2.32. The lowest BCUT2D eigenvalue weighted by atomic mass is 10.2. The lowest BCUT2D eigenvalue weighted by molar-refractivity contribution is 0.0346. The van der Waals surface area contributed by atoms with Crippen LogP contribution in [-0.2, 0) is 11.3 Å². The molecule has 1 saturated heterocycles. The molecule has 0 spiro atoms. The Hall–Kier alpha value is -0.610. The van der Waals surface area contributed by atoms with Crippen molar-refractivity contribution in [2.24, 2.45) is 0 Å². The van der Waals surface area contributed by atoms with Gasteiger partial charge in [0, 0.05) is 24.5 Å². The molecule has 0 amide bonds. The molecule has 90 valence electrons. The smallest absolute Gasteiger partial charge is 0.0594 e. The van der Waals surface area contributed by atoms with Gasteiger partial charge >= 0.3 is 0 Å². The van der Waals surface area contributed by atoms with Crippen LogP contribution in [0.2, 0.25) is 5.02 Å². The Bertz CT molecular complexity index is 519. The van der Waals surface area contributed by atoms with Crippen molar-refractivity contribution < 1.29 is 4.74 Å². The lowest BCUT2D eigenvalue weighted by Gasteiger charge is -2.25. The number of halogens is 1. The summed E-state index contributed by atoms with van der Waals surface area (Å²) < 4.78 is 6.56. The molecule has 2 heterocycles. The van der Waals surface area contributed by atoms with Crippen molar-refractivity contribution in [3.63, 3.8) is 0 Å². The third-order valence-corrected chi connectivity index (χ3v) is 4.63. The molecule has 0 N–H and O–H groups in total. The monoisotopic (exact) mass is 267 g/mol. The van der Waals surface area contributed by atoms with E-state index in [9.17, 15) is 0 Å². The van der Waals surface area contributed by atoms with Crippen LogP contribution in [-0.4, -0.2) is 31.2 Å². The van der Waals surface area contributed by atoms with Crippen molar-refractivity contribution in [1.29, 1.82) is 0 Å². The fourth-order valence-corrected chi connectivity index (χ4v) is 3.54. The van der Waals surface area contributed by atoms with E-state index in [4.69, 9.17) is 16.3 Å². The quantitative estimate of drug-likeness (QED) is 0.827. The number of morpholine rings is 1. The van der Waals surface area contributed by atoms with E-state index in [1.54, 1.807) is 11.3 Å². The molecular weight excluding hydrogens is 254 g/mol. The molecular formula is C13H14ClNOS. The van der Waals surface area contributed by atoms with E-state index in [2.05, 4.69) is 17.0 Å². The third-order valence-electron chi connectivity index (χ3n) is 3.03. The van der Waals surface area contributed by atoms with Gasteiger partial charge in [0.15, 0.2) is 0 Å². The predicted octanol–water partition coefficient (Wildman–Crippen LogP) is 3.39. The van der Waals surface area contributed by atoms with Crippen molar-refractivity contribution in [3.05, 3.63) is 34.2 Å². The fraction of sp³-hybridized carbons (Fsp3) is 0.385. The molecule has 0 saturated carbocycles. The van der Waals surface area contributed by atoms with Crippen LogP contribution in [0.4, 0.5) is 0 Å². The maximum atomic E-state index is 6.19. The van der Waals surface area contributed by atoms with Crippen molar-refractivity contribution in [3.8, 4) is 0 Å². The third kappa shape index (κ3) is 2.47. The average molecular weight is 268 g/mol. The molecule has 1 fully saturated rings. The van der Waals surface area contributed by atoms with Gasteiger partial charge in [0.05, 0.1) is 22.9 Å². The molecule has 17 heavy (non-hydrogen) atoms. The Morgan fingerprint density at radius 1 is 1.29 bits per heavy atom. The number of ether oxygens (including phenoxy) is 1. The number of hydrogen-bond donors (Lipinski definition) is 0. The fourth-order valence-electron chi connectivity index (χ4n) is 2.14. The van der Waals surface area contributed by atoms with Gasteiger partial charge in [-0.15, -0.1) is 11.3 Å². The molecule has 0 atom stereocenters. The predicted molar refractivity (Wildman–Crippen MR) is 72.9 cm³/mol. The van der Waals surface area contributed by atoms with Gasteiger partial charge in [-0.05, 0) is 17.5 Å². The maximum absolute atomic E-state index is 6.19. The summed E-state index contributed by atoms with van der Waals surface area (Å²) in [6, 6.07) is 8.34. The molecule has 1 aliphatic heterocycles. The van der Waals surface area contributed by atoms with Crippen molar-refractivity contribution in [2.45, 2.75) is 6.54 Å². The van der Waals surface area contributed by atoms with E-state index in [-0.39, 0.29) is 0 Å². The zero-order valence-electron chi connectivity index (χ0n) is 9.49. The summed E-state index contributed by atoms with van der Waals surface area (Å²) in [4.78, 5) is 3.82. The van der Waals surface area contributed by atoms with Gasteiger partial charge < -0.3 is 4.74 Å². The van der Waals surface area contributed by atoms with Gasteiger partial charge in [0.1, 0.15) is 0 Å². The molecule has 0 unspecified atom stereocenters.